The lowest BCUT2D eigenvalue weighted by molar-refractivity contribution is 0.143. The van der Waals surface area contributed by atoms with E-state index in [2.05, 4.69) is 31.4 Å². The summed E-state index contributed by atoms with van der Waals surface area (Å²) in [5, 5.41) is 0. The third kappa shape index (κ3) is 2.93. The van der Waals surface area contributed by atoms with E-state index in [0.717, 1.165) is 5.75 Å². The van der Waals surface area contributed by atoms with E-state index < -0.39 is 0 Å². The fourth-order valence-electron chi connectivity index (χ4n) is 3.39. The molecule has 3 N–H and O–H groups in total. The number of aryl methyl sites for hydroxylation is 1. The van der Waals surface area contributed by atoms with Gasteiger partial charge in [0.2, 0.25) is 0 Å². The molecule has 0 aromatic heterocycles. The minimum Gasteiger partial charge on any atom is -0.496 e. The number of benzene rings is 1. The van der Waals surface area contributed by atoms with E-state index in [0.29, 0.717) is 0 Å². The number of rotatable bonds is 4. The highest BCUT2D eigenvalue weighted by molar-refractivity contribution is 5.40. The number of hydrogen-bond donors (Lipinski definition) is 2. The molecule has 1 saturated carbocycles. The molecule has 0 aliphatic heterocycles. The first-order valence-electron chi connectivity index (χ1n) is 7.21. The van der Waals surface area contributed by atoms with Crippen molar-refractivity contribution in [3.05, 3.63) is 29.3 Å². The van der Waals surface area contributed by atoms with Gasteiger partial charge in [-0.2, -0.15) is 0 Å². The van der Waals surface area contributed by atoms with Crippen LogP contribution < -0.4 is 16.0 Å². The van der Waals surface area contributed by atoms with Gasteiger partial charge in [-0.05, 0) is 31.2 Å². The molecule has 1 atom stereocenters. The summed E-state index contributed by atoms with van der Waals surface area (Å²) in [7, 11) is 1.73. The zero-order valence-electron chi connectivity index (χ0n) is 12.3. The molecular formula is C16H26N2O. The van der Waals surface area contributed by atoms with Gasteiger partial charge in [0.1, 0.15) is 5.75 Å². The minimum absolute atomic E-state index is 0.155. The summed E-state index contributed by atoms with van der Waals surface area (Å²) in [6.07, 6.45) is 6.38. The van der Waals surface area contributed by atoms with Gasteiger partial charge in [0.15, 0.2) is 0 Å². The number of nitrogens with one attached hydrogen (secondary N) is 1. The Kier molecular flexibility index (Phi) is 4.48. The Morgan fingerprint density at radius 2 is 1.95 bits per heavy atom. The van der Waals surface area contributed by atoms with Crippen molar-refractivity contribution in [2.24, 2.45) is 11.3 Å². The second kappa shape index (κ2) is 5.93. The van der Waals surface area contributed by atoms with Crippen molar-refractivity contribution in [1.29, 1.82) is 0 Å². The summed E-state index contributed by atoms with van der Waals surface area (Å²) < 4.78 is 5.52. The van der Waals surface area contributed by atoms with E-state index in [1.165, 1.54) is 43.2 Å². The standard InChI is InChI=1S/C16H26N2O/c1-12-7-8-14(19-3)13(11-12)15(18-17)16(2)9-5-4-6-10-16/h7-8,11,15,18H,4-6,9-10,17H2,1-3H3. The lowest BCUT2D eigenvalue weighted by Crippen LogP contribution is -2.41. The van der Waals surface area contributed by atoms with Crippen LogP contribution in [0.25, 0.3) is 0 Å². The lowest BCUT2D eigenvalue weighted by Gasteiger charge is -2.41. The summed E-state index contributed by atoms with van der Waals surface area (Å²) >= 11 is 0. The highest BCUT2D eigenvalue weighted by atomic mass is 16.5. The van der Waals surface area contributed by atoms with Gasteiger partial charge in [0.25, 0.3) is 0 Å². The quantitative estimate of drug-likeness (QED) is 0.645. The molecule has 19 heavy (non-hydrogen) atoms. The molecule has 1 aromatic carbocycles. The van der Waals surface area contributed by atoms with Crippen molar-refractivity contribution in [2.75, 3.05) is 7.11 Å². The topological polar surface area (TPSA) is 47.3 Å². The molecule has 2 rings (SSSR count). The van der Waals surface area contributed by atoms with Crippen LogP contribution in [0.3, 0.4) is 0 Å². The second-order valence-corrected chi connectivity index (χ2v) is 6.06. The van der Waals surface area contributed by atoms with E-state index in [1.54, 1.807) is 7.11 Å². The first-order chi connectivity index (χ1) is 9.10. The first kappa shape index (κ1) is 14.4. The van der Waals surface area contributed by atoms with E-state index in [1.807, 2.05) is 6.07 Å². The van der Waals surface area contributed by atoms with E-state index in [-0.39, 0.29) is 11.5 Å². The first-order valence-corrected chi connectivity index (χ1v) is 7.21. The van der Waals surface area contributed by atoms with Gasteiger partial charge in [-0.1, -0.05) is 43.9 Å². The molecule has 0 saturated heterocycles. The highest BCUT2D eigenvalue weighted by Gasteiger charge is 2.37. The Hall–Kier alpha value is -1.06. The lowest BCUT2D eigenvalue weighted by atomic mass is 9.68. The van der Waals surface area contributed by atoms with Crippen molar-refractivity contribution in [3.63, 3.8) is 0 Å². The third-order valence-corrected chi connectivity index (χ3v) is 4.56. The molecular weight excluding hydrogens is 236 g/mol. The van der Waals surface area contributed by atoms with Crippen molar-refractivity contribution in [1.82, 2.24) is 5.43 Å². The third-order valence-electron chi connectivity index (χ3n) is 4.56. The van der Waals surface area contributed by atoms with Crippen LogP contribution in [0.2, 0.25) is 0 Å². The van der Waals surface area contributed by atoms with Crippen molar-refractivity contribution in [2.45, 2.75) is 52.0 Å². The van der Waals surface area contributed by atoms with Gasteiger partial charge >= 0.3 is 0 Å². The van der Waals surface area contributed by atoms with Gasteiger partial charge in [-0.3, -0.25) is 11.3 Å². The Morgan fingerprint density at radius 3 is 2.53 bits per heavy atom. The number of nitrogens with two attached hydrogens (primary N) is 1. The molecule has 0 radical (unpaired) electrons. The van der Waals surface area contributed by atoms with E-state index >= 15 is 0 Å². The summed E-state index contributed by atoms with van der Waals surface area (Å²) in [5.41, 5.74) is 5.70. The number of hydrazine groups is 1. The van der Waals surface area contributed by atoms with Gasteiger partial charge in [0, 0.05) is 5.56 Å². The average molecular weight is 262 g/mol. The molecule has 1 unspecified atom stereocenters. The van der Waals surface area contributed by atoms with Crippen LogP contribution in [0.15, 0.2) is 18.2 Å². The molecule has 0 bridgehead atoms. The molecule has 1 aliphatic carbocycles. The van der Waals surface area contributed by atoms with Crippen LogP contribution in [0.4, 0.5) is 0 Å². The number of methoxy groups -OCH3 is 1. The van der Waals surface area contributed by atoms with Gasteiger partial charge < -0.3 is 4.74 Å². The molecule has 1 fully saturated rings. The fraction of sp³-hybridized carbons (Fsp3) is 0.625. The fourth-order valence-corrected chi connectivity index (χ4v) is 3.39. The molecule has 106 valence electrons. The van der Waals surface area contributed by atoms with E-state index in [4.69, 9.17) is 10.6 Å². The predicted octanol–water partition coefficient (Wildman–Crippen LogP) is 3.48. The molecule has 0 heterocycles. The maximum absolute atomic E-state index is 5.89. The van der Waals surface area contributed by atoms with Crippen LogP contribution in [0, 0.1) is 12.3 Å². The Labute approximate surface area is 116 Å². The van der Waals surface area contributed by atoms with E-state index in [9.17, 15) is 0 Å². The summed E-state index contributed by atoms with van der Waals surface area (Å²) in [4.78, 5) is 0. The van der Waals surface area contributed by atoms with Gasteiger partial charge in [-0.15, -0.1) is 0 Å². The monoisotopic (exact) mass is 262 g/mol. The molecule has 0 spiro atoms. The Morgan fingerprint density at radius 1 is 1.26 bits per heavy atom. The predicted molar refractivity (Wildman–Crippen MR) is 79.0 cm³/mol. The van der Waals surface area contributed by atoms with Gasteiger partial charge in [-0.25, -0.2) is 0 Å². The summed E-state index contributed by atoms with van der Waals surface area (Å²) in [6.45, 7) is 4.46. The van der Waals surface area contributed by atoms with Crippen molar-refractivity contribution in [3.8, 4) is 5.75 Å². The van der Waals surface area contributed by atoms with Crippen molar-refractivity contribution >= 4 is 0 Å². The zero-order valence-corrected chi connectivity index (χ0v) is 12.3. The van der Waals surface area contributed by atoms with Crippen LogP contribution in [0.1, 0.15) is 56.2 Å². The van der Waals surface area contributed by atoms with Gasteiger partial charge in [0.05, 0.1) is 13.2 Å². The normalized spacial score (nSPS) is 20.0. The largest absolute Gasteiger partial charge is 0.496 e. The minimum atomic E-state index is 0.155. The average Bonchev–Trinajstić information content (AvgIpc) is 2.40. The molecule has 3 nitrogen and oxygen atoms in total. The van der Waals surface area contributed by atoms with Crippen LogP contribution in [-0.2, 0) is 0 Å². The summed E-state index contributed by atoms with van der Waals surface area (Å²) in [6, 6.07) is 6.48. The maximum atomic E-state index is 5.89. The molecule has 1 aliphatic rings. The Bertz CT molecular complexity index is 425. The highest BCUT2D eigenvalue weighted by Crippen LogP contribution is 2.47. The number of ether oxygens (including phenoxy) is 1. The van der Waals surface area contributed by atoms with Crippen molar-refractivity contribution < 1.29 is 4.74 Å². The summed E-state index contributed by atoms with van der Waals surface area (Å²) in [5.74, 6) is 6.82. The molecule has 1 aromatic rings. The Balaban J connectivity index is 2.38. The molecule has 3 heteroatoms. The molecule has 0 amide bonds. The van der Waals surface area contributed by atoms with Crippen LogP contribution >= 0.6 is 0 Å². The SMILES string of the molecule is COc1ccc(C)cc1C(NN)C1(C)CCCCC1. The zero-order chi connectivity index (χ0) is 13.9. The van der Waals surface area contributed by atoms with Crippen LogP contribution in [0.5, 0.6) is 5.75 Å². The smallest absolute Gasteiger partial charge is 0.123 e. The van der Waals surface area contributed by atoms with Crippen LogP contribution in [-0.4, -0.2) is 7.11 Å². The maximum Gasteiger partial charge on any atom is 0.123 e. The second-order valence-electron chi connectivity index (χ2n) is 6.06. The number of hydrogen-bond acceptors (Lipinski definition) is 3.